The topological polar surface area (TPSA) is 70.2 Å². The molecule has 3 heterocycles. The van der Waals surface area contributed by atoms with Crippen LogP contribution in [0.2, 0.25) is 5.02 Å². The molecule has 0 bridgehead atoms. The van der Waals surface area contributed by atoms with E-state index in [1.54, 1.807) is 24.4 Å². The van der Waals surface area contributed by atoms with Crippen molar-refractivity contribution >= 4 is 34.7 Å². The summed E-state index contributed by atoms with van der Waals surface area (Å²) < 4.78 is 42.9. The van der Waals surface area contributed by atoms with Gasteiger partial charge in [0.1, 0.15) is 0 Å². The van der Waals surface area contributed by atoms with Gasteiger partial charge in [-0.2, -0.15) is 23.4 Å². The maximum atomic E-state index is 13.9. The Bertz CT molecular complexity index is 1540. The predicted molar refractivity (Wildman–Crippen MR) is 133 cm³/mol. The van der Waals surface area contributed by atoms with Crippen LogP contribution in [0.15, 0.2) is 51.4 Å². The summed E-state index contributed by atoms with van der Waals surface area (Å²) in [5.74, 6) is -0.235. The second-order valence-corrected chi connectivity index (χ2v) is 10.4. The fourth-order valence-corrected chi connectivity index (χ4v) is 5.87. The van der Waals surface area contributed by atoms with Crippen molar-refractivity contribution in [2.45, 2.75) is 38.0 Å². The molecule has 3 aromatic rings. The van der Waals surface area contributed by atoms with Crippen molar-refractivity contribution in [2.75, 3.05) is 13.6 Å². The molecule has 1 fully saturated rings. The fourth-order valence-electron chi connectivity index (χ4n) is 4.74. The highest BCUT2D eigenvalue weighted by molar-refractivity contribution is 7.10. The number of aromatic nitrogens is 1. The second-order valence-electron chi connectivity index (χ2n) is 8.98. The van der Waals surface area contributed by atoms with Crippen LogP contribution in [0.5, 0.6) is 5.88 Å². The molecule has 1 N–H and O–H groups in total. The van der Waals surface area contributed by atoms with Crippen LogP contribution in [0.3, 0.4) is 0 Å². The highest BCUT2D eigenvalue weighted by atomic mass is 35.5. The van der Waals surface area contributed by atoms with Gasteiger partial charge in [0.15, 0.2) is 0 Å². The van der Waals surface area contributed by atoms with E-state index in [1.165, 1.54) is 16.7 Å². The van der Waals surface area contributed by atoms with Gasteiger partial charge in [0.05, 0.1) is 22.0 Å². The Morgan fingerprint density at radius 3 is 2.78 bits per heavy atom. The molecule has 0 unspecified atom stereocenters. The first kappa shape index (κ1) is 24.7. The Kier molecular flexibility index (Phi) is 6.52. The van der Waals surface area contributed by atoms with E-state index in [0.29, 0.717) is 28.3 Å². The minimum atomic E-state index is -4.62. The zero-order valence-corrected chi connectivity index (χ0v) is 20.8. The largest absolute Gasteiger partial charge is 0.493 e. The van der Waals surface area contributed by atoms with Crippen LogP contribution in [-0.2, 0) is 19.1 Å². The van der Waals surface area contributed by atoms with Gasteiger partial charge in [-0.25, -0.2) is 0 Å². The third-order valence-corrected chi connectivity index (χ3v) is 7.95. The summed E-state index contributed by atoms with van der Waals surface area (Å²) in [6.07, 6.45) is -1.33. The maximum Gasteiger partial charge on any atom is 0.416 e. The molecule has 1 saturated heterocycles. The molecule has 5 rings (SSSR count). The van der Waals surface area contributed by atoms with E-state index in [1.807, 2.05) is 7.05 Å². The molecule has 0 aliphatic carbocycles. The van der Waals surface area contributed by atoms with E-state index in [2.05, 4.69) is 15.1 Å². The monoisotopic (exact) mass is 534 g/mol. The average molecular weight is 535 g/mol. The van der Waals surface area contributed by atoms with Gasteiger partial charge in [-0.15, -0.1) is 0 Å². The smallest absolute Gasteiger partial charge is 0.416 e. The van der Waals surface area contributed by atoms with Crippen molar-refractivity contribution in [3.63, 3.8) is 0 Å². The van der Waals surface area contributed by atoms with Crippen LogP contribution >= 0.6 is 22.9 Å². The van der Waals surface area contributed by atoms with Crippen molar-refractivity contribution in [1.82, 2.24) is 9.47 Å². The van der Waals surface area contributed by atoms with Crippen molar-refractivity contribution in [3.8, 4) is 5.88 Å². The number of likely N-dealkylation sites (N-methyl/N-ethyl adjacent to an activating group) is 1. The van der Waals surface area contributed by atoms with Crippen LogP contribution in [0.25, 0.3) is 5.57 Å². The molecule has 0 spiro atoms. The Labute approximate surface area is 213 Å². The number of aromatic hydroxyl groups is 1. The van der Waals surface area contributed by atoms with Gasteiger partial charge >= 0.3 is 11.0 Å². The number of nitrogens with zero attached hydrogens (tertiary/aromatic N) is 4. The standard InChI is InChI=1S/C25H22ClF3N4O2S/c1-32-8-2-3-18(32)13-33-23(34)22(36-24(33)35)19(14-5-7-21-16(9-14)12-30-31-21)10-15-4-6-17(26)11-20(15)25(27,28)29/h4-7,9,11-12,18,34H,2-3,8,10,13H2,1H3/t18-/m0/s1. The summed E-state index contributed by atoms with van der Waals surface area (Å²) in [7, 11) is 1.97. The van der Waals surface area contributed by atoms with E-state index < -0.39 is 11.7 Å². The van der Waals surface area contributed by atoms with Crippen LogP contribution in [-0.4, -0.2) is 40.4 Å². The molecule has 2 aromatic carbocycles. The SMILES string of the molecule is CN1CCC[C@H]1Cn1c(O)c(C(Cc2ccc(Cl)cc2C(F)(F)F)=c2ccc3c(c2)C=NN=3)sc1=O. The molecule has 1 aromatic heterocycles. The van der Waals surface area contributed by atoms with Gasteiger partial charge in [0.25, 0.3) is 0 Å². The summed E-state index contributed by atoms with van der Waals surface area (Å²) >= 11 is 6.72. The quantitative estimate of drug-likeness (QED) is 0.541. The molecule has 1 atom stereocenters. The molecule has 188 valence electrons. The van der Waals surface area contributed by atoms with Crippen LogP contribution in [0.1, 0.15) is 34.4 Å². The van der Waals surface area contributed by atoms with Gasteiger partial charge in [0, 0.05) is 29.6 Å². The zero-order valence-electron chi connectivity index (χ0n) is 19.2. The van der Waals surface area contributed by atoms with Gasteiger partial charge < -0.3 is 10.0 Å². The minimum Gasteiger partial charge on any atom is -0.493 e. The predicted octanol–water partition coefficient (Wildman–Crippen LogP) is 3.79. The molecule has 0 saturated carbocycles. The number of halogens is 4. The van der Waals surface area contributed by atoms with Crippen molar-refractivity contribution in [3.05, 3.63) is 83.2 Å². The molecule has 0 amide bonds. The van der Waals surface area contributed by atoms with Crippen molar-refractivity contribution in [1.29, 1.82) is 0 Å². The van der Waals surface area contributed by atoms with E-state index >= 15 is 0 Å². The Balaban J connectivity index is 1.68. The van der Waals surface area contributed by atoms with Crippen molar-refractivity contribution < 1.29 is 18.3 Å². The molecular weight excluding hydrogens is 513 g/mol. The number of rotatable bonds is 5. The molecule has 6 nitrogen and oxygen atoms in total. The second kappa shape index (κ2) is 9.49. The Hall–Kier alpha value is -2.95. The summed E-state index contributed by atoms with van der Waals surface area (Å²) in [6, 6.07) is 8.92. The van der Waals surface area contributed by atoms with E-state index in [0.717, 1.165) is 36.8 Å². The number of hydrogen-bond acceptors (Lipinski definition) is 6. The summed E-state index contributed by atoms with van der Waals surface area (Å²) in [4.78, 5) is 15.0. The normalized spacial score (nSPS) is 18.4. The highest BCUT2D eigenvalue weighted by Gasteiger charge is 2.34. The van der Waals surface area contributed by atoms with Gasteiger partial charge in [-0.1, -0.05) is 35.1 Å². The molecular formula is C25H22ClF3N4O2S. The first-order chi connectivity index (χ1) is 17.1. The van der Waals surface area contributed by atoms with Crippen LogP contribution in [0.4, 0.5) is 13.2 Å². The fraction of sp³-hybridized carbons (Fsp3) is 0.320. The number of thiazole rings is 1. The summed E-state index contributed by atoms with van der Waals surface area (Å²) in [6.45, 7) is 1.22. The average Bonchev–Trinajstić information content (AvgIpc) is 3.53. The van der Waals surface area contributed by atoms with E-state index in [4.69, 9.17) is 11.6 Å². The zero-order chi connectivity index (χ0) is 25.6. The lowest BCUT2D eigenvalue weighted by Gasteiger charge is -2.19. The van der Waals surface area contributed by atoms with Gasteiger partial charge in [-0.05, 0) is 67.1 Å². The first-order valence-electron chi connectivity index (χ1n) is 11.3. The first-order valence-corrected chi connectivity index (χ1v) is 12.5. The van der Waals surface area contributed by atoms with Crippen LogP contribution < -0.4 is 15.4 Å². The number of benzene rings is 2. The Morgan fingerprint density at radius 2 is 2.06 bits per heavy atom. The number of likely N-dealkylation sites (tertiary alicyclic amines) is 1. The molecule has 2 aliphatic rings. The molecule has 11 heteroatoms. The lowest BCUT2D eigenvalue weighted by molar-refractivity contribution is -0.138. The third kappa shape index (κ3) is 4.72. The van der Waals surface area contributed by atoms with E-state index in [9.17, 15) is 23.1 Å². The van der Waals surface area contributed by atoms with E-state index in [-0.39, 0.29) is 38.7 Å². The van der Waals surface area contributed by atoms with Gasteiger partial charge in [-0.3, -0.25) is 9.36 Å². The maximum absolute atomic E-state index is 13.9. The Morgan fingerprint density at radius 1 is 1.25 bits per heavy atom. The summed E-state index contributed by atoms with van der Waals surface area (Å²) in [5, 5.41) is 20.3. The highest BCUT2D eigenvalue weighted by Crippen LogP contribution is 2.37. The number of alkyl halides is 3. The number of hydrogen-bond donors (Lipinski definition) is 1. The lowest BCUT2D eigenvalue weighted by atomic mass is 9.96. The third-order valence-electron chi connectivity index (χ3n) is 6.69. The van der Waals surface area contributed by atoms with Crippen molar-refractivity contribution in [2.24, 2.45) is 10.2 Å². The lowest BCUT2D eigenvalue weighted by Crippen LogP contribution is -2.31. The summed E-state index contributed by atoms with van der Waals surface area (Å²) in [5.41, 5.74) is 0.243. The van der Waals surface area contributed by atoms with Gasteiger partial charge in [0.2, 0.25) is 5.88 Å². The minimum absolute atomic E-state index is 0.0110. The molecule has 36 heavy (non-hydrogen) atoms. The molecule has 0 radical (unpaired) electrons. The molecule has 2 aliphatic heterocycles. The van der Waals surface area contributed by atoms with Crippen LogP contribution in [0, 0.1) is 0 Å². The number of fused-ring (bicyclic) bond motifs is 1.